The minimum atomic E-state index is 0.631. The van der Waals surface area contributed by atoms with Crippen molar-refractivity contribution in [2.24, 2.45) is 0 Å². The van der Waals surface area contributed by atoms with E-state index in [4.69, 9.17) is 0 Å². The van der Waals surface area contributed by atoms with Crippen LogP contribution in [0.25, 0.3) is 0 Å². The Morgan fingerprint density at radius 2 is 2.06 bits per heavy atom. The molecule has 2 rings (SSSR count). The highest BCUT2D eigenvalue weighted by atomic mass is 79.9. The molecule has 3 heteroatoms. The van der Waals surface area contributed by atoms with E-state index < -0.39 is 0 Å². The molecule has 0 aromatic heterocycles. The molecule has 0 bridgehead atoms. The summed E-state index contributed by atoms with van der Waals surface area (Å²) in [7, 11) is 0. The average molecular weight is 311 g/mol. The van der Waals surface area contributed by atoms with Crippen molar-refractivity contribution in [2.45, 2.75) is 39.2 Å². The molecule has 18 heavy (non-hydrogen) atoms. The van der Waals surface area contributed by atoms with Gasteiger partial charge in [-0.25, -0.2) is 0 Å². The van der Waals surface area contributed by atoms with E-state index in [0.717, 1.165) is 4.47 Å². The van der Waals surface area contributed by atoms with Gasteiger partial charge in [0.15, 0.2) is 0 Å². The predicted molar refractivity (Wildman–Crippen MR) is 82.3 cm³/mol. The van der Waals surface area contributed by atoms with Crippen molar-refractivity contribution >= 4 is 21.6 Å². The Morgan fingerprint density at radius 3 is 2.72 bits per heavy atom. The number of nitrogens with one attached hydrogen (secondary N) is 1. The Morgan fingerprint density at radius 1 is 1.33 bits per heavy atom. The Bertz CT molecular complexity index is 384. The molecule has 1 saturated heterocycles. The lowest BCUT2D eigenvalue weighted by Gasteiger charge is -2.33. The molecular weight excluding hydrogens is 288 g/mol. The number of piperidine rings is 1. The van der Waals surface area contributed by atoms with Crippen LogP contribution < -0.4 is 5.32 Å². The zero-order valence-electron chi connectivity index (χ0n) is 11.4. The Labute approximate surface area is 119 Å². The average Bonchev–Trinajstić information content (AvgIpc) is 2.37. The zero-order valence-corrected chi connectivity index (χ0v) is 13.0. The molecule has 0 unspecified atom stereocenters. The van der Waals surface area contributed by atoms with Gasteiger partial charge in [0, 0.05) is 29.3 Å². The zero-order chi connectivity index (χ0) is 13.0. The first-order valence-corrected chi connectivity index (χ1v) is 7.73. The van der Waals surface area contributed by atoms with Crippen molar-refractivity contribution in [3.8, 4) is 0 Å². The van der Waals surface area contributed by atoms with E-state index in [-0.39, 0.29) is 0 Å². The molecule has 1 fully saturated rings. The number of hydrogen-bond acceptors (Lipinski definition) is 2. The third-order valence-corrected chi connectivity index (χ3v) is 4.18. The van der Waals surface area contributed by atoms with E-state index in [1.165, 1.54) is 50.1 Å². The molecule has 0 spiro atoms. The van der Waals surface area contributed by atoms with Crippen LogP contribution in [0.1, 0.15) is 31.7 Å². The van der Waals surface area contributed by atoms with Gasteiger partial charge >= 0.3 is 0 Å². The fourth-order valence-electron chi connectivity index (χ4n) is 2.59. The van der Waals surface area contributed by atoms with Crippen molar-refractivity contribution in [2.75, 3.05) is 25.0 Å². The number of anilines is 1. The van der Waals surface area contributed by atoms with E-state index in [1.54, 1.807) is 0 Å². The van der Waals surface area contributed by atoms with Crippen LogP contribution in [-0.4, -0.2) is 30.6 Å². The topological polar surface area (TPSA) is 15.3 Å². The van der Waals surface area contributed by atoms with Crippen molar-refractivity contribution in [3.63, 3.8) is 0 Å². The van der Waals surface area contributed by atoms with Crippen LogP contribution in [0.4, 0.5) is 5.69 Å². The number of rotatable bonds is 4. The van der Waals surface area contributed by atoms with Gasteiger partial charge in [0.25, 0.3) is 0 Å². The second-order valence-electron chi connectivity index (χ2n) is 5.22. The molecule has 0 amide bonds. The van der Waals surface area contributed by atoms with Crippen LogP contribution in [0, 0.1) is 6.92 Å². The monoisotopic (exact) mass is 310 g/mol. The first kappa shape index (κ1) is 13.9. The third kappa shape index (κ3) is 3.72. The van der Waals surface area contributed by atoms with Gasteiger partial charge in [0.2, 0.25) is 0 Å². The highest BCUT2D eigenvalue weighted by molar-refractivity contribution is 9.10. The smallest absolute Gasteiger partial charge is 0.0383 e. The third-order valence-electron chi connectivity index (χ3n) is 3.69. The number of halogens is 1. The molecule has 0 atom stereocenters. The first-order chi connectivity index (χ1) is 8.69. The largest absolute Gasteiger partial charge is 0.382 e. The minimum Gasteiger partial charge on any atom is -0.382 e. The number of hydrogen-bond donors (Lipinski definition) is 1. The fourth-order valence-corrected chi connectivity index (χ4v) is 2.95. The number of likely N-dealkylation sites (tertiary alicyclic amines) is 1. The lowest BCUT2D eigenvalue weighted by atomic mass is 10.0. The number of aryl methyl sites for hydroxylation is 1. The van der Waals surface area contributed by atoms with Crippen LogP contribution in [0.2, 0.25) is 0 Å². The number of nitrogens with zero attached hydrogens (tertiary/aromatic N) is 1. The second kappa shape index (κ2) is 6.58. The summed E-state index contributed by atoms with van der Waals surface area (Å²) in [6, 6.07) is 7.09. The standard InChI is InChI=1S/C15H23BrN2/c1-3-8-18-9-6-14(7-10-18)17-15-11-13(16)5-4-12(15)2/h4-5,11,14,17H,3,6-10H2,1-2H3. The maximum absolute atomic E-state index is 3.70. The van der Waals surface area contributed by atoms with Gasteiger partial charge < -0.3 is 10.2 Å². The van der Waals surface area contributed by atoms with Crippen molar-refractivity contribution in [1.29, 1.82) is 0 Å². The molecule has 1 aliphatic heterocycles. The summed E-state index contributed by atoms with van der Waals surface area (Å²) in [5.41, 5.74) is 2.60. The molecule has 1 aromatic rings. The van der Waals surface area contributed by atoms with Crippen molar-refractivity contribution in [3.05, 3.63) is 28.2 Å². The summed E-state index contributed by atoms with van der Waals surface area (Å²) in [6.45, 7) is 8.15. The maximum atomic E-state index is 3.70. The summed E-state index contributed by atoms with van der Waals surface area (Å²) in [5, 5.41) is 3.70. The molecule has 1 heterocycles. The quantitative estimate of drug-likeness (QED) is 0.902. The summed E-state index contributed by atoms with van der Waals surface area (Å²) in [4.78, 5) is 2.58. The fraction of sp³-hybridized carbons (Fsp3) is 0.600. The van der Waals surface area contributed by atoms with Crippen LogP contribution in [0.15, 0.2) is 22.7 Å². The van der Waals surface area contributed by atoms with Crippen molar-refractivity contribution in [1.82, 2.24) is 4.90 Å². The molecule has 1 aliphatic rings. The summed E-state index contributed by atoms with van der Waals surface area (Å²) < 4.78 is 1.15. The van der Waals surface area contributed by atoms with E-state index in [2.05, 4.69) is 58.2 Å². The van der Waals surface area contributed by atoms with Gasteiger partial charge in [0.05, 0.1) is 0 Å². The van der Waals surface area contributed by atoms with Gasteiger partial charge in [-0.1, -0.05) is 28.9 Å². The van der Waals surface area contributed by atoms with Gasteiger partial charge in [-0.3, -0.25) is 0 Å². The van der Waals surface area contributed by atoms with E-state index >= 15 is 0 Å². The van der Waals surface area contributed by atoms with Gasteiger partial charge in [-0.2, -0.15) is 0 Å². The summed E-state index contributed by atoms with van der Waals surface area (Å²) in [5.74, 6) is 0. The van der Waals surface area contributed by atoms with E-state index in [1.807, 2.05) is 0 Å². The Kier molecular flexibility index (Phi) is 5.07. The van der Waals surface area contributed by atoms with E-state index in [0.29, 0.717) is 6.04 Å². The normalized spacial score (nSPS) is 17.9. The van der Waals surface area contributed by atoms with Gasteiger partial charge in [-0.05, 0) is 50.4 Å². The molecule has 0 aliphatic carbocycles. The minimum absolute atomic E-state index is 0.631. The second-order valence-corrected chi connectivity index (χ2v) is 6.14. The van der Waals surface area contributed by atoms with Crippen LogP contribution in [0.3, 0.4) is 0 Å². The SMILES string of the molecule is CCCN1CCC(Nc2cc(Br)ccc2C)CC1. The van der Waals surface area contributed by atoms with Crippen LogP contribution >= 0.6 is 15.9 Å². The number of benzene rings is 1. The molecule has 100 valence electrons. The molecule has 1 N–H and O–H groups in total. The molecular formula is C15H23BrN2. The summed E-state index contributed by atoms with van der Waals surface area (Å²) in [6.07, 6.45) is 3.78. The molecule has 0 radical (unpaired) electrons. The van der Waals surface area contributed by atoms with Crippen LogP contribution in [0.5, 0.6) is 0 Å². The van der Waals surface area contributed by atoms with Crippen molar-refractivity contribution < 1.29 is 0 Å². The van der Waals surface area contributed by atoms with Crippen LogP contribution in [-0.2, 0) is 0 Å². The Hall–Kier alpha value is -0.540. The molecule has 2 nitrogen and oxygen atoms in total. The molecule has 1 aromatic carbocycles. The van der Waals surface area contributed by atoms with E-state index in [9.17, 15) is 0 Å². The highest BCUT2D eigenvalue weighted by Gasteiger charge is 2.18. The van der Waals surface area contributed by atoms with Gasteiger partial charge in [0.1, 0.15) is 0 Å². The highest BCUT2D eigenvalue weighted by Crippen LogP contribution is 2.23. The Balaban J connectivity index is 1.89. The lowest BCUT2D eigenvalue weighted by molar-refractivity contribution is 0.219. The first-order valence-electron chi connectivity index (χ1n) is 6.94. The summed E-state index contributed by atoms with van der Waals surface area (Å²) >= 11 is 3.54. The maximum Gasteiger partial charge on any atom is 0.0383 e. The lowest BCUT2D eigenvalue weighted by Crippen LogP contribution is -2.39. The molecule has 0 saturated carbocycles. The predicted octanol–water partition coefficient (Wildman–Crippen LogP) is 4.04. The van der Waals surface area contributed by atoms with Gasteiger partial charge in [-0.15, -0.1) is 0 Å².